The van der Waals surface area contributed by atoms with E-state index < -0.39 is 23.5 Å². The predicted octanol–water partition coefficient (Wildman–Crippen LogP) is 4.42. The first-order valence-corrected chi connectivity index (χ1v) is 10.7. The van der Waals surface area contributed by atoms with E-state index in [0.29, 0.717) is 28.2 Å². The Morgan fingerprint density at radius 2 is 1.97 bits per heavy atom. The second-order valence-electron chi connectivity index (χ2n) is 7.44. The summed E-state index contributed by atoms with van der Waals surface area (Å²) in [6, 6.07) is 10.0. The van der Waals surface area contributed by atoms with E-state index in [2.05, 4.69) is 0 Å². The minimum Gasteiger partial charge on any atom is -0.504 e. The van der Waals surface area contributed by atoms with Crippen LogP contribution in [-0.4, -0.2) is 53.7 Å². The van der Waals surface area contributed by atoms with Crippen LogP contribution < -0.4 is 4.74 Å². The molecule has 4 rings (SSSR count). The highest BCUT2D eigenvalue weighted by Crippen LogP contribution is 2.42. The molecule has 0 saturated carbocycles. The van der Waals surface area contributed by atoms with Crippen molar-refractivity contribution in [3.8, 4) is 11.5 Å². The number of benzene rings is 2. The van der Waals surface area contributed by atoms with E-state index in [-0.39, 0.29) is 36.0 Å². The first-order chi connectivity index (χ1) is 15.8. The summed E-state index contributed by atoms with van der Waals surface area (Å²) in [5.41, 5.74) is 0.796. The van der Waals surface area contributed by atoms with Gasteiger partial charge in [-0.15, -0.1) is 0 Å². The molecule has 0 aliphatic carbocycles. The Labute approximate surface area is 194 Å². The smallest absolute Gasteiger partial charge is 0.290 e. The Bertz CT molecular complexity index is 1260. The lowest BCUT2D eigenvalue weighted by molar-refractivity contribution is -0.130. The van der Waals surface area contributed by atoms with E-state index >= 15 is 0 Å². The van der Waals surface area contributed by atoms with Crippen LogP contribution in [-0.2, 0) is 9.53 Å². The van der Waals surface area contributed by atoms with Gasteiger partial charge in [-0.1, -0.05) is 17.7 Å². The maximum Gasteiger partial charge on any atom is 0.290 e. The Morgan fingerprint density at radius 3 is 2.70 bits per heavy atom. The number of amides is 1. The monoisotopic (exact) mass is 471 g/mol. The van der Waals surface area contributed by atoms with Crippen LogP contribution in [0.3, 0.4) is 0 Å². The lowest BCUT2D eigenvalue weighted by Crippen LogP contribution is -2.34. The molecule has 3 aromatic rings. The summed E-state index contributed by atoms with van der Waals surface area (Å²) in [6.45, 7) is 2.39. The van der Waals surface area contributed by atoms with Crippen molar-refractivity contribution in [2.45, 2.75) is 13.0 Å². The van der Waals surface area contributed by atoms with Crippen LogP contribution >= 0.6 is 11.6 Å². The number of phenolic OH excluding ortho intramolecular Hbond substituents is 1. The number of aromatic hydroxyl groups is 1. The molecule has 0 radical (unpaired) electrons. The highest BCUT2D eigenvalue weighted by atomic mass is 35.5. The van der Waals surface area contributed by atoms with E-state index in [4.69, 9.17) is 25.5 Å². The van der Waals surface area contributed by atoms with Crippen LogP contribution in [0.25, 0.3) is 11.0 Å². The van der Waals surface area contributed by atoms with Crippen molar-refractivity contribution in [2.24, 2.45) is 0 Å². The molecule has 1 aliphatic heterocycles. The number of methoxy groups -OCH3 is 1. The van der Waals surface area contributed by atoms with Gasteiger partial charge in [-0.3, -0.25) is 9.59 Å². The van der Waals surface area contributed by atoms with Gasteiger partial charge in [0.15, 0.2) is 23.0 Å². The van der Waals surface area contributed by atoms with Gasteiger partial charge in [0.05, 0.1) is 24.8 Å². The molecule has 0 fully saturated rings. The summed E-state index contributed by atoms with van der Waals surface area (Å²) in [5, 5.41) is 21.9. The number of aliphatic hydroxyl groups is 1. The number of ether oxygens (including phenoxy) is 2. The van der Waals surface area contributed by atoms with E-state index in [1.54, 1.807) is 37.3 Å². The van der Waals surface area contributed by atoms with E-state index in [9.17, 15) is 19.8 Å². The van der Waals surface area contributed by atoms with Crippen molar-refractivity contribution in [1.29, 1.82) is 0 Å². The van der Waals surface area contributed by atoms with Gasteiger partial charge in [-0.05, 0) is 48.9 Å². The number of furan rings is 1. The summed E-state index contributed by atoms with van der Waals surface area (Å²) in [5.74, 6) is -1.92. The third-order valence-corrected chi connectivity index (χ3v) is 5.62. The highest BCUT2D eigenvalue weighted by molar-refractivity contribution is 6.31. The lowest BCUT2D eigenvalue weighted by Gasteiger charge is -2.26. The fourth-order valence-electron chi connectivity index (χ4n) is 3.88. The van der Waals surface area contributed by atoms with E-state index in [1.807, 2.05) is 0 Å². The number of ketones is 1. The zero-order valence-electron chi connectivity index (χ0n) is 18.0. The maximum absolute atomic E-state index is 13.5. The third-order valence-electron chi connectivity index (χ3n) is 5.39. The molecule has 0 saturated heterocycles. The summed E-state index contributed by atoms with van der Waals surface area (Å²) < 4.78 is 16.3. The number of nitrogens with zero attached hydrogens (tertiary/aromatic N) is 1. The zero-order valence-corrected chi connectivity index (χ0v) is 18.8. The largest absolute Gasteiger partial charge is 0.504 e. The molecule has 33 heavy (non-hydrogen) atoms. The molecule has 0 spiro atoms. The quantitative estimate of drug-likeness (QED) is 0.468. The predicted molar refractivity (Wildman–Crippen MR) is 121 cm³/mol. The molecular weight excluding hydrogens is 450 g/mol. The third kappa shape index (κ3) is 4.15. The van der Waals surface area contributed by atoms with Crippen LogP contribution in [0, 0.1) is 0 Å². The molecule has 2 N–H and O–H groups in total. The van der Waals surface area contributed by atoms with Gasteiger partial charge in [-0.25, -0.2) is 0 Å². The Hall–Kier alpha value is -3.49. The number of Topliss-reactive ketones (excluding diaryl/α,β-unsaturated/α-hetero) is 1. The van der Waals surface area contributed by atoms with Crippen LogP contribution in [0.15, 0.2) is 58.2 Å². The molecule has 1 aromatic heterocycles. The van der Waals surface area contributed by atoms with E-state index in [0.717, 1.165) is 0 Å². The van der Waals surface area contributed by atoms with Gasteiger partial charge in [0, 0.05) is 24.1 Å². The number of carbonyl (C=O) groups excluding carboxylic acids is 2. The topological polar surface area (TPSA) is 109 Å². The second kappa shape index (κ2) is 9.17. The average molecular weight is 472 g/mol. The van der Waals surface area contributed by atoms with Crippen molar-refractivity contribution in [2.75, 3.05) is 26.9 Å². The minimum absolute atomic E-state index is 0.0379. The molecule has 8 nitrogen and oxygen atoms in total. The Morgan fingerprint density at radius 1 is 1.18 bits per heavy atom. The minimum atomic E-state index is -0.934. The number of phenols is 1. The molecule has 1 unspecified atom stereocenters. The van der Waals surface area contributed by atoms with Gasteiger partial charge in [0.25, 0.3) is 5.91 Å². The fraction of sp³-hybridized carbons (Fsp3) is 0.250. The van der Waals surface area contributed by atoms with Gasteiger partial charge in [0.1, 0.15) is 5.58 Å². The normalized spacial score (nSPS) is 16.2. The Balaban J connectivity index is 1.81. The van der Waals surface area contributed by atoms with Gasteiger partial charge in [-0.2, -0.15) is 0 Å². The average Bonchev–Trinajstić information content (AvgIpc) is 3.32. The first kappa shape index (κ1) is 22.7. The summed E-state index contributed by atoms with van der Waals surface area (Å²) in [6.07, 6.45) is 0. The SMILES string of the molecule is CCOc1cc(C2C(C(=O)c3cc4cc(Cl)ccc4o3)=C(O)C(=O)N2CCOC)ccc1O. The second-order valence-corrected chi connectivity index (χ2v) is 7.87. The molecule has 9 heteroatoms. The fourth-order valence-corrected chi connectivity index (χ4v) is 4.06. The standard InChI is InChI=1S/C24H22ClNO7/c1-3-32-18-11-13(4-6-16(18)27)21-20(23(29)24(30)26(21)8-9-31-2)22(28)19-12-14-10-15(25)5-7-17(14)33-19/h4-7,10-12,21,27,29H,3,8-9H2,1-2H3. The molecule has 1 aliphatic rings. The van der Waals surface area contributed by atoms with Crippen molar-refractivity contribution in [3.63, 3.8) is 0 Å². The molecule has 2 heterocycles. The molecular formula is C24H22ClNO7. The number of hydrogen-bond donors (Lipinski definition) is 2. The van der Waals surface area contributed by atoms with Crippen molar-refractivity contribution in [3.05, 3.63) is 70.1 Å². The van der Waals surface area contributed by atoms with Crippen LogP contribution in [0.4, 0.5) is 0 Å². The highest BCUT2D eigenvalue weighted by Gasteiger charge is 2.44. The van der Waals surface area contributed by atoms with Gasteiger partial charge < -0.3 is 29.0 Å². The van der Waals surface area contributed by atoms with Crippen LogP contribution in [0.5, 0.6) is 11.5 Å². The van der Waals surface area contributed by atoms with Crippen LogP contribution in [0.2, 0.25) is 5.02 Å². The van der Waals surface area contributed by atoms with Crippen molar-refractivity contribution in [1.82, 2.24) is 4.90 Å². The molecule has 172 valence electrons. The summed E-state index contributed by atoms with van der Waals surface area (Å²) >= 11 is 6.03. The number of halogens is 1. The number of carbonyl (C=O) groups is 2. The maximum atomic E-state index is 13.5. The Kier molecular flexibility index (Phi) is 6.31. The first-order valence-electron chi connectivity index (χ1n) is 10.3. The summed E-state index contributed by atoms with van der Waals surface area (Å²) in [7, 11) is 1.49. The molecule has 1 atom stereocenters. The zero-order chi connectivity index (χ0) is 23.7. The van der Waals surface area contributed by atoms with E-state index in [1.165, 1.54) is 24.1 Å². The number of hydrogen-bond acceptors (Lipinski definition) is 7. The molecule has 1 amide bonds. The molecule has 0 bridgehead atoms. The van der Waals surface area contributed by atoms with Crippen LogP contribution in [0.1, 0.15) is 29.1 Å². The van der Waals surface area contributed by atoms with Gasteiger partial charge in [0.2, 0.25) is 5.78 Å². The number of aliphatic hydroxyl groups excluding tert-OH is 1. The lowest BCUT2D eigenvalue weighted by atomic mass is 9.94. The number of rotatable bonds is 8. The molecule has 2 aromatic carbocycles. The summed E-state index contributed by atoms with van der Waals surface area (Å²) in [4.78, 5) is 27.8. The van der Waals surface area contributed by atoms with Gasteiger partial charge >= 0.3 is 0 Å². The van der Waals surface area contributed by atoms with Crippen molar-refractivity contribution >= 4 is 34.3 Å². The number of fused-ring (bicyclic) bond motifs is 1. The van der Waals surface area contributed by atoms with Crippen molar-refractivity contribution < 1.29 is 33.7 Å².